The smallest absolute Gasteiger partial charge is 0.220 e. The van der Waals surface area contributed by atoms with Gasteiger partial charge < -0.3 is 11.1 Å². The van der Waals surface area contributed by atoms with E-state index in [4.69, 9.17) is 18.0 Å². The monoisotopic (exact) mass is 186 g/mol. The molecular formula is C8H14N2OS. The number of carbonyl (C=O) groups is 1. The first-order valence-corrected chi connectivity index (χ1v) is 4.59. The summed E-state index contributed by atoms with van der Waals surface area (Å²) < 4.78 is 0. The van der Waals surface area contributed by atoms with Crippen LogP contribution in [0, 0.1) is 5.92 Å². The highest BCUT2D eigenvalue weighted by molar-refractivity contribution is 7.80. The summed E-state index contributed by atoms with van der Waals surface area (Å²) in [4.78, 5) is 11.5. The Morgan fingerprint density at radius 2 is 2.33 bits per heavy atom. The Bertz CT molecular complexity index is 201. The van der Waals surface area contributed by atoms with Crippen LogP contribution in [0.15, 0.2) is 0 Å². The van der Waals surface area contributed by atoms with E-state index in [-0.39, 0.29) is 11.9 Å². The van der Waals surface area contributed by atoms with Crippen molar-refractivity contribution in [2.24, 2.45) is 11.7 Å². The molecule has 1 amide bonds. The molecule has 1 rings (SSSR count). The van der Waals surface area contributed by atoms with E-state index < -0.39 is 0 Å². The lowest BCUT2D eigenvalue weighted by atomic mass is 10.2. The molecule has 0 heterocycles. The highest BCUT2D eigenvalue weighted by Crippen LogP contribution is 2.32. The molecule has 0 aliphatic heterocycles. The fourth-order valence-corrected chi connectivity index (χ4v) is 1.01. The molecule has 0 radical (unpaired) electrons. The van der Waals surface area contributed by atoms with Gasteiger partial charge in [-0.25, -0.2) is 0 Å². The van der Waals surface area contributed by atoms with Gasteiger partial charge in [-0.1, -0.05) is 12.2 Å². The Morgan fingerprint density at radius 1 is 1.75 bits per heavy atom. The maximum absolute atomic E-state index is 11.2. The predicted molar refractivity (Wildman–Crippen MR) is 51.7 cm³/mol. The maximum atomic E-state index is 11.2. The lowest BCUT2D eigenvalue weighted by Gasteiger charge is -2.11. The van der Waals surface area contributed by atoms with E-state index in [2.05, 4.69) is 5.32 Å². The Morgan fingerprint density at radius 3 is 2.75 bits per heavy atom. The van der Waals surface area contributed by atoms with Gasteiger partial charge in [-0.2, -0.15) is 0 Å². The minimum absolute atomic E-state index is 0.0674. The minimum Gasteiger partial charge on any atom is -0.392 e. The van der Waals surface area contributed by atoms with Crippen molar-refractivity contribution in [1.29, 1.82) is 0 Å². The molecule has 3 nitrogen and oxygen atoms in total. The van der Waals surface area contributed by atoms with Crippen molar-refractivity contribution in [3.63, 3.8) is 0 Å². The highest BCUT2D eigenvalue weighted by Gasteiger charge is 2.24. The normalized spacial score (nSPS) is 18.4. The van der Waals surface area contributed by atoms with Gasteiger partial charge in [0.2, 0.25) is 5.91 Å². The van der Waals surface area contributed by atoms with Gasteiger partial charge in [0, 0.05) is 6.42 Å². The number of hydrogen-bond donors (Lipinski definition) is 2. The van der Waals surface area contributed by atoms with Crippen molar-refractivity contribution in [3.05, 3.63) is 0 Å². The molecule has 1 fully saturated rings. The molecule has 0 bridgehead atoms. The van der Waals surface area contributed by atoms with Crippen LogP contribution in [0.5, 0.6) is 0 Å². The van der Waals surface area contributed by atoms with E-state index in [1.807, 2.05) is 0 Å². The largest absolute Gasteiger partial charge is 0.392 e. The van der Waals surface area contributed by atoms with E-state index in [1.165, 1.54) is 12.8 Å². The predicted octanol–water partition coefficient (Wildman–Crippen LogP) is 0.577. The first kappa shape index (κ1) is 9.45. The summed E-state index contributed by atoms with van der Waals surface area (Å²) in [6.07, 6.45) is 3.01. The van der Waals surface area contributed by atoms with Crippen LogP contribution >= 0.6 is 12.2 Å². The Kier molecular flexibility index (Phi) is 3.03. The number of thiocarbonyl (C=S) groups is 1. The van der Waals surface area contributed by atoms with Crippen LogP contribution in [0.25, 0.3) is 0 Å². The minimum atomic E-state index is -0.175. The van der Waals surface area contributed by atoms with Gasteiger partial charge in [0.1, 0.15) is 0 Å². The fourth-order valence-electron chi connectivity index (χ4n) is 0.956. The quantitative estimate of drug-likeness (QED) is 0.631. The second-order valence-corrected chi connectivity index (χ2v) is 3.81. The van der Waals surface area contributed by atoms with Crippen molar-refractivity contribution in [2.45, 2.75) is 32.2 Å². The van der Waals surface area contributed by atoms with Gasteiger partial charge in [-0.15, -0.1) is 0 Å². The maximum Gasteiger partial charge on any atom is 0.220 e. The second-order valence-electron chi connectivity index (χ2n) is 3.34. The van der Waals surface area contributed by atoms with Crippen molar-refractivity contribution >= 4 is 23.1 Å². The zero-order chi connectivity index (χ0) is 9.14. The van der Waals surface area contributed by atoms with Gasteiger partial charge in [-0.05, 0) is 25.7 Å². The molecular weight excluding hydrogens is 172 g/mol. The number of nitrogens with two attached hydrogens (primary N) is 1. The summed E-state index contributed by atoms with van der Waals surface area (Å²) in [6.45, 7) is 1.80. The van der Waals surface area contributed by atoms with E-state index >= 15 is 0 Å². The summed E-state index contributed by atoms with van der Waals surface area (Å²) in [5.41, 5.74) is 5.35. The lowest BCUT2D eigenvalue weighted by molar-refractivity contribution is -0.121. The van der Waals surface area contributed by atoms with Gasteiger partial charge in [0.15, 0.2) is 0 Å². The van der Waals surface area contributed by atoms with Crippen LogP contribution in [0.1, 0.15) is 26.2 Å². The van der Waals surface area contributed by atoms with E-state index in [9.17, 15) is 4.79 Å². The third-order valence-corrected chi connectivity index (χ3v) is 2.33. The standard InChI is InChI=1S/C8H14N2OS/c1-5(8(9)12)10-7(11)4-6-2-3-6/h5-6H,2-4H2,1H3,(H2,9,12)(H,10,11). The van der Waals surface area contributed by atoms with Gasteiger partial charge >= 0.3 is 0 Å². The molecule has 1 aliphatic carbocycles. The fraction of sp³-hybridized carbons (Fsp3) is 0.750. The number of rotatable bonds is 4. The summed E-state index contributed by atoms with van der Waals surface area (Å²) in [6, 6.07) is -0.175. The Hall–Kier alpha value is -0.640. The molecule has 1 unspecified atom stereocenters. The number of amides is 1. The van der Waals surface area contributed by atoms with Crippen LogP contribution in [0.2, 0.25) is 0 Å². The third kappa shape index (κ3) is 3.17. The Balaban J connectivity index is 2.19. The zero-order valence-electron chi connectivity index (χ0n) is 7.17. The molecule has 1 atom stereocenters. The topological polar surface area (TPSA) is 55.1 Å². The molecule has 0 spiro atoms. The van der Waals surface area contributed by atoms with Crippen molar-refractivity contribution < 1.29 is 4.79 Å². The number of hydrogen-bond acceptors (Lipinski definition) is 2. The SMILES string of the molecule is CC(NC(=O)CC1CC1)C(N)=S. The Labute approximate surface area is 77.7 Å². The van der Waals surface area contributed by atoms with Crippen LogP contribution in [-0.4, -0.2) is 16.9 Å². The van der Waals surface area contributed by atoms with Crippen LogP contribution < -0.4 is 11.1 Å². The number of nitrogens with one attached hydrogen (secondary N) is 1. The molecule has 4 heteroatoms. The zero-order valence-corrected chi connectivity index (χ0v) is 7.99. The molecule has 1 aliphatic rings. The average Bonchev–Trinajstić information content (AvgIpc) is 2.71. The summed E-state index contributed by atoms with van der Waals surface area (Å²) in [5.74, 6) is 0.682. The summed E-state index contributed by atoms with van der Waals surface area (Å²) in [5, 5.41) is 2.75. The van der Waals surface area contributed by atoms with Gasteiger partial charge in [-0.3, -0.25) is 4.79 Å². The van der Waals surface area contributed by atoms with E-state index in [1.54, 1.807) is 6.92 Å². The molecule has 68 valence electrons. The van der Waals surface area contributed by atoms with E-state index in [0.717, 1.165) is 0 Å². The average molecular weight is 186 g/mol. The first-order valence-electron chi connectivity index (χ1n) is 4.18. The lowest BCUT2D eigenvalue weighted by Crippen LogP contribution is -2.41. The van der Waals surface area contributed by atoms with Crippen LogP contribution in [-0.2, 0) is 4.79 Å². The van der Waals surface area contributed by atoms with Gasteiger partial charge in [0.05, 0.1) is 11.0 Å². The van der Waals surface area contributed by atoms with Gasteiger partial charge in [0.25, 0.3) is 0 Å². The third-order valence-electron chi connectivity index (χ3n) is 1.98. The molecule has 0 saturated heterocycles. The van der Waals surface area contributed by atoms with Crippen LogP contribution in [0.3, 0.4) is 0 Å². The second kappa shape index (κ2) is 3.85. The molecule has 3 N–H and O–H groups in total. The summed E-state index contributed by atoms with van der Waals surface area (Å²) in [7, 11) is 0. The first-order chi connectivity index (χ1) is 5.59. The molecule has 0 aromatic heterocycles. The van der Waals surface area contributed by atoms with Crippen LogP contribution in [0.4, 0.5) is 0 Å². The number of carbonyl (C=O) groups excluding carboxylic acids is 1. The molecule has 1 saturated carbocycles. The highest BCUT2D eigenvalue weighted by atomic mass is 32.1. The molecule has 12 heavy (non-hydrogen) atoms. The summed E-state index contributed by atoms with van der Waals surface area (Å²) >= 11 is 4.73. The molecule has 0 aromatic rings. The van der Waals surface area contributed by atoms with Crippen molar-refractivity contribution in [2.75, 3.05) is 0 Å². The van der Waals surface area contributed by atoms with E-state index in [0.29, 0.717) is 17.3 Å². The van der Waals surface area contributed by atoms with Crippen molar-refractivity contribution in [3.8, 4) is 0 Å². The van der Waals surface area contributed by atoms with Crippen molar-refractivity contribution in [1.82, 2.24) is 5.32 Å². The molecule has 0 aromatic carbocycles.